The Bertz CT molecular complexity index is 1270. The molecule has 0 bridgehead atoms. The molecule has 150 valence electrons. The summed E-state index contributed by atoms with van der Waals surface area (Å²) >= 11 is 23.3. The number of amides is 1. The van der Waals surface area contributed by atoms with Crippen LogP contribution in [-0.2, 0) is 0 Å². The number of aromatic nitrogens is 1. The molecule has 0 fully saturated rings. The lowest BCUT2D eigenvalue weighted by molar-refractivity contribution is 0.0977. The highest BCUT2D eigenvalue weighted by atomic mass is 35.5. The van der Waals surface area contributed by atoms with Crippen LogP contribution < -0.4 is 10.6 Å². The Morgan fingerprint density at radius 2 is 1.73 bits per heavy atom. The van der Waals surface area contributed by atoms with Crippen LogP contribution in [0.1, 0.15) is 10.4 Å². The summed E-state index contributed by atoms with van der Waals surface area (Å²) in [6.45, 7) is 0. The van der Waals surface area contributed by atoms with E-state index in [1.807, 2.05) is 12.1 Å². The first-order valence-corrected chi connectivity index (χ1v) is 10.2. The molecule has 0 saturated heterocycles. The summed E-state index contributed by atoms with van der Waals surface area (Å²) in [5.74, 6) is 0.0613. The average Bonchev–Trinajstić information content (AvgIpc) is 3.13. The number of hydrogen-bond donors (Lipinski definition) is 2. The van der Waals surface area contributed by atoms with Gasteiger partial charge in [0.1, 0.15) is 5.52 Å². The smallest absolute Gasteiger partial charge is 0.257 e. The van der Waals surface area contributed by atoms with Crippen LogP contribution in [0.25, 0.3) is 22.6 Å². The third kappa shape index (κ3) is 4.57. The van der Waals surface area contributed by atoms with Gasteiger partial charge in [-0.1, -0.05) is 40.9 Å². The predicted octanol–water partition coefficient (Wildman–Crippen LogP) is 6.58. The molecule has 3 aromatic carbocycles. The number of halogens is 3. The number of oxazole rings is 1. The Hall–Kier alpha value is -2.64. The van der Waals surface area contributed by atoms with E-state index in [0.717, 1.165) is 5.56 Å². The van der Waals surface area contributed by atoms with Crippen LogP contribution in [0.5, 0.6) is 0 Å². The molecule has 0 atom stereocenters. The molecule has 0 spiro atoms. The number of nitrogens with zero attached hydrogens (tertiary/aromatic N) is 1. The summed E-state index contributed by atoms with van der Waals surface area (Å²) in [6, 6.07) is 17.1. The number of thiocarbonyl (C=S) groups is 1. The van der Waals surface area contributed by atoms with E-state index in [1.54, 1.807) is 48.5 Å². The molecule has 30 heavy (non-hydrogen) atoms. The fourth-order valence-electron chi connectivity index (χ4n) is 2.75. The monoisotopic (exact) mass is 475 g/mol. The molecule has 5 nitrogen and oxygen atoms in total. The first kappa shape index (κ1) is 20.6. The van der Waals surface area contributed by atoms with E-state index in [4.69, 9.17) is 51.4 Å². The second-order valence-electron chi connectivity index (χ2n) is 6.25. The van der Waals surface area contributed by atoms with E-state index in [1.165, 1.54) is 0 Å². The third-order valence-electron chi connectivity index (χ3n) is 4.11. The molecule has 0 aliphatic heterocycles. The van der Waals surface area contributed by atoms with Crippen molar-refractivity contribution >= 4 is 74.8 Å². The van der Waals surface area contributed by atoms with Crippen molar-refractivity contribution in [2.24, 2.45) is 0 Å². The zero-order valence-electron chi connectivity index (χ0n) is 15.1. The summed E-state index contributed by atoms with van der Waals surface area (Å²) in [6.07, 6.45) is 0. The van der Waals surface area contributed by atoms with E-state index in [0.29, 0.717) is 43.3 Å². The fourth-order valence-corrected chi connectivity index (χ4v) is 3.67. The summed E-state index contributed by atoms with van der Waals surface area (Å²) < 4.78 is 5.76. The van der Waals surface area contributed by atoms with E-state index < -0.39 is 0 Å². The lowest BCUT2D eigenvalue weighted by Gasteiger charge is -2.10. The van der Waals surface area contributed by atoms with Crippen LogP contribution in [0.4, 0.5) is 5.69 Å². The molecule has 0 aliphatic rings. The van der Waals surface area contributed by atoms with Gasteiger partial charge in [-0.25, -0.2) is 4.98 Å². The van der Waals surface area contributed by atoms with Crippen LogP contribution in [-0.4, -0.2) is 16.0 Å². The number of fused-ring (bicyclic) bond motifs is 1. The van der Waals surface area contributed by atoms with Gasteiger partial charge in [-0.05, 0) is 66.8 Å². The minimum absolute atomic E-state index is 0.163. The fraction of sp³-hybridized carbons (Fsp3) is 0. The van der Waals surface area contributed by atoms with Gasteiger partial charge in [0.05, 0.1) is 5.02 Å². The Morgan fingerprint density at radius 1 is 0.967 bits per heavy atom. The highest BCUT2D eigenvalue weighted by molar-refractivity contribution is 7.80. The number of rotatable bonds is 3. The Labute approximate surface area is 192 Å². The minimum Gasteiger partial charge on any atom is -0.435 e. The first-order chi connectivity index (χ1) is 14.4. The molecule has 0 saturated carbocycles. The van der Waals surface area contributed by atoms with Crippen molar-refractivity contribution in [3.05, 3.63) is 81.3 Å². The van der Waals surface area contributed by atoms with Gasteiger partial charge in [-0.3, -0.25) is 10.1 Å². The number of anilines is 1. The van der Waals surface area contributed by atoms with Gasteiger partial charge in [0.15, 0.2) is 10.7 Å². The molecule has 4 aromatic rings. The van der Waals surface area contributed by atoms with Crippen LogP contribution >= 0.6 is 47.0 Å². The summed E-state index contributed by atoms with van der Waals surface area (Å²) in [4.78, 5) is 16.7. The van der Waals surface area contributed by atoms with Crippen molar-refractivity contribution in [3.63, 3.8) is 0 Å². The van der Waals surface area contributed by atoms with Gasteiger partial charge in [-0.15, -0.1) is 0 Å². The summed E-state index contributed by atoms with van der Waals surface area (Å²) in [5, 5.41) is 7.09. The number of nitrogens with one attached hydrogen (secondary N) is 2. The Balaban J connectivity index is 1.45. The van der Waals surface area contributed by atoms with E-state index in [2.05, 4.69) is 15.6 Å². The van der Waals surface area contributed by atoms with Gasteiger partial charge in [0.25, 0.3) is 5.91 Å². The molecule has 1 aromatic heterocycles. The topological polar surface area (TPSA) is 67.2 Å². The molecule has 0 radical (unpaired) electrons. The van der Waals surface area contributed by atoms with E-state index in [-0.39, 0.29) is 11.0 Å². The van der Waals surface area contributed by atoms with Crippen LogP contribution in [0, 0.1) is 0 Å². The molecule has 2 N–H and O–H groups in total. The number of hydrogen-bond acceptors (Lipinski definition) is 4. The highest BCUT2D eigenvalue weighted by Crippen LogP contribution is 2.32. The number of benzene rings is 3. The lowest BCUT2D eigenvalue weighted by Crippen LogP contribution is -2.34. The van der Waals surface area contributed by atoms with E-state index >= 15 is 0 Å². The van der Waals surface area contributed by atoms with Gasteiger partial charge < -0.3 is 9.73 Å². The molecular weight excluding hydrogens is 465 g/mol. The van der Waals surface area contributed by atoms with Gasteiger partial charge >= 0.3 is 0 Å². The second-order valence-corrected chi connectivity index (χ2v) is 7.94. The number of carbonyl (C=O) groups excluding carboxylic acids is 1. The zero-order valence-corrected chi connectivity index (χ0v) is 18.2. The largest absolute Gasteiger partial charge is 0.435 e. The van der Waals surface area contributed by atoms with Crippen molar-refractivity contribution in [2.75, 3.05) is 5.32 Å². The summed E-state index contributed by atoms with van der Waals surface area (Å²) in [7, 11) is 0. The lowest BCUT2D eigenvalue weighted by atomic mass is 10.2. The molecule has 1 amide bonds. The van der Waals surface area contributed by atoms with E-state index in [9.17, 15) is 4.79 Å². The van der Waals surface area contributed by atoms with Crippen LogP contribution in [0.3, 0.4) is 0 Å². The molecular formula is C21H12Cl3N3O2S. The molecule has 1 heterocycles. The standard InChI is InChI=1S/C21H12Cl3N3O2S/c22-13-3-1-2-12(8-13)19(28)27-21(30)25-15-6-4-11(5-7-15)20-26-17-10-14(23)9-16(24)18(17)29-20/h1-10H,(H2,25,27,28,30). The van der Waals surface area contributed by atoms with Crippen LogP contribution in [0.2, 0.25) is 15.1 Å². The first-order valence-electron chi connectivity index (χ1n) is 8.63. The van der Waals surface area contributed by atoms with Crippen molar-refractivity contribution in [3.8, 4) is 11.5 Å². The Morgan fingerprint density at radius 3 is 2.47 bits per heavy atom. The van der Waals surface area contributed by atoms with Gasteiger partial charge in [0, 0.05) is 26.9 Å². The number of carbonyl (C=O) groups is 1. The maximum absolute atomic E-state index is 12.2. The van der Waals surface area contributed by atoms with Crippen molar-refractivity contribution in [1.82, 2.24) is 10.3 Å². The maximum Gasteiger partial charge on any atom is 0.257 e. The molecule has 0 unspecified atom stereocenters. The van der Waals surface area contributed by atoms with Crippen molar-refractivity contribution in [2.45, 2.75) is 0 Å². The quantitative estimate of drug-likeness (QED) is 0.327. The third-order valence-corrected chi connectivity index (χ3v) is 5.05. The summed E-state index contributed by atoms with van der Waals surface area (Å²) in [5.41, 5.74) is 2.90. The zero-order chi connectivity index (χ0) is 21.3. The second kappa shape index (κ2) is 8.62. The molecule has 9 heteroatoms. The Kier molecular flexibility index (Phi) is 5.92. The van der Waals surface area contributed by atoms with Crippen LogP contribution in [0.15, 0.2) is 65.1 Å². The van der Waals surface area contributed by atoms with Gasteiger partial charge in [0.2, 0.25) is 5.89 Å². The maximum atomic E-state index is 12.2. The normalized spacial score (nSPS) is 10.8. The molecule has 0 aliphatic carbocycles. The van der Waals surface area contributed by atoms with Gasteiger partial charge in [-0.2, -0.15) is 0 Å². The SMILES string of the molecule is O=C(NC(=S)Nc1ccc(-c2nc3cc(Cl)cc(Cl)c3o2)cc1)c1cccc(Cl)c1. The van der Waals surface area contributed by atoms with Crippen molar-refractivity contribution < 1.29 is 9.21 Å². The predicted molar refractivity (Wildman–Crippen MR) is 125 cm³/mol. The average molecular weight is 477 g/mol. The minimum atomic E-state index is -0.353. The van der Waals surface area contributed by atoms with Crippen molar-refractivity contribution in [1.29, 1.82) is 0 Å². The highest BCUT2D eigenvalue weighted by Gasteiger charge is 2.13. The molecule has 4 rings (SSSR count).